The number of hydrogen-bond donors (Lipinski definition) is 2. The zero-order valence-corrected chi connectivity index (χ0v) is 15.7. The number of nitrogens with zero attached hydrogens (tertiary/aromatic N) is 2. The minimum Gasteiger partial charge on any atom is -0.326 e. The number of thiazole rings is 1. The fraction of sp³-hybridized carbons (Fsp3) is 0.350. The fourth-order valence-electron chi connectivity index (χ4n) is 4.58. The molecule has 6 nitrogen and oxygen atoms in total. The first-order valence-electron chi connectivity index (χ1n) is 9.34. The Morgan fingerprint density at radius 1 is 1.22 bits per heavy atom. The number of rotatable bonds is 3. The number of hydrogen-bond acceptors (Lipinski definition) is 4. The maximum absolute atomic E-state index is 12.6. The normalized spacial score (nSPS) is 23.8. The Kier molecular flexibility index (Phi) is 4.06. The summed E-state index contributed by atoms with van der Waals surface area (Å²) in [6, 6.07) is 13.5. The predicted octanol–water partition coefficient (Wildman–Crippen LogP) is 1.10. The average molecular weight is 381 g/mol. The summed E-state index contributed by atoms with van der Waals surface area (Å²) in [7, 11) is 0. The van der Waals surface area contributed by atoms with Crippen LogP contribution in [0, 0.1) is 5.92 Å². The molecule has 2 bridgehead atoms. The van der Waals surface area contributed by atoms with E-state index in [1.807, 2.05) is 34.9 Å². The van der Waals surface area contributed by atoms with Gasteiger partial charge in [0.25, 0.3) is 11.5 Å². The molecule has 3 unspecified atom stereocenters. The molecule has 2 N–H and O–H groups in total. The summed E-state index contributed by atoms with van der Waals surface area (Å²) in [5, 5.41) is 3.63. The van der Waals surface area contributed by atoms with E-state index in [9.17, 15) is 9.59 Å². The van der Waals surface area contributed by atoms with Crippen molar-refractivity contribution in [1.29, 1.82) is 0 Å². The molecule has 3 aromatic rings. The van der Waals surface area contributed by atoms with E-state index in [2.05, 4.69) is 16.4 Å². The lowest BCUT2D eigenvalue weighted by molar-refractivity contribution is -0.903. The number of fused-ring (bicyclic) bond motifs is 5. The number of amides is 1. The zero-order chi connectivity index (χ0) is 18.4. The molecule has 0 radical (unpaired) electrons. The smallest absolute Gasteiger partial charge is 0.281 e. The van der Waals surface area contributed by atoms with Gasteiger partial charge in [-0.2, -0.15) is 0 Å². The van der Waals surface area contributed by atoms with E-state index in [0.29, 0.717) is 23.5 Å². The zero-order valence-electron chi connectivity index (χ0n) is 14.9. The summed E-state index contributed by atoms with van der Waals surface area (Å²) in [5.41, 5.74) is 2.14. The first kappa shape index (κ1) is 16.6. The topological polar surface area (TPSA) is 68.4 Å². The van der Waals surface area contributed by atoms with Crippen molar-refractivity contribution in [2.45, 2.75) is 18.9 Å². The van der Waals surface area contributed by atoms with Crippen molar-refractivity contribution in [3.8, 4) is 0 Å². The molecule has 0 spiro atoms. The van der Waals surface area contributed by atoms with Gasteiger partial charge in [-0.15, -0.1) is 0 Å². The molecule has 4 heterocycles. The minimum atomic E-state index is 0.00878. The van der Waals surface area contributed by atoms with Crippen LogP contribution in [0.4, 0.5) is 5.13 Å². The van der Waals surface area contributed by atoms with Crippen molar-refractivity contribution in [1.82, 2.24) is 9.55 Å². The quantitative estimate of drug-likeness (QED) is 0.714. The molecular weight excluding hydrogens is 360 g/mol. The van der Waals surface area contributed by atoms with Crippen molar-refractivity contribution < 1.29 is 9.69 Å². The van der Waals surface area contributed by atoms with Gasteiger partial charge >= 0.3 is 0 Å². The molecule has 2 aromatic heterocycles. The summed E-state index contributed by atoms with van der Waals surface area (Å²) in [6.45, 7) is 3.05. The number of quaternary nitrogens is 1. The summed E-state index contributed by atoms with van der Waals surface area (Å²) in [5.74, 6) is 0.827. The van der Waals surface area contributed by atoms with Gasteiger partial charge in [-0.05, 0) is 24.6 Å². The highest BCUT2D eigenvalue weighted by Crippen LogP contribution is 2.30. The van der Waals surface area contributed by atoms with Gasteiger partial charge in [0.1, 0.15) is 0 Å². The number of para-hydroxylation sites is 1. The van der Waals surface area contributed by atoms with Gasteiger partial charge in [0, 0.05) is 30.1 Å². The molecule has 2 aliphatic rings. The number of carbonyl (C=O) groups is 1. The highest BCUT2D eigenvalue weighted by atomic mass is 32.1. The largest absolute Gasteiger partial charge is 0.326 e. The van der Waals surface area contributed by atoms with Crippen LogP contribution in [-0.2, 0) is 11.3 Å². The number of benzene rings is 1. The van der Waals surface area contributed by atoms with Crippen molar-refractivity contribution in [3.63, 3.8) is 0 Å². The number of aromatic nitrogens is 2. The molecule has 0 aliphatic carbocycles. The lowest BCUT2D eigenvalue weighted by atomic mass is 9.83. The van der Waals surface area contributed by atoms with Crippen LogP contribution in [-0.4, -0.2) is 35.1 Å². The third-order valence-corrected chi connectivity index (χ3v) is 6.58. The Hall–Kier alpha value is -2.51. The van der Waals surface area contributed by atoms with Crippen LogP contribution in [0.15, 0.2) is 47.3 Å². The summed E-state index contributed by atoms with van der Waals surface area (Å²) >= 11 is 1.51. The van der Waals surface area contributed by atoms with Gasteiger partial charge in [0.05, 0.1) is 23.3 Å². The van der Waals surface area contributed by atoms with E-state index in [-0.39, 0.29) is 11.5 Å². The fourth-order valence-corrected chi connectivity index (χ4v) is 5.46. The molecule has 5 rings (SSSR count). The third-order valence-electron chi connectivity index (χ3n) is 5.62. The van der Waals surface area contributed by atoms with Crippen LogP contribution in [0.2, 0.25) is 0 Å². The Morgan fingerprint density at radius 2 is 2.11 bits per heavy atom. The van der Waals surface area contributed by atoms with Crippen LogP contribution in [0.5, 0.6) is 0 Å². The average Bonchev–Trinajstić information content (AvgIpc) is 3.04. The second-order valence-corrected chi connectivity index (χ2v) is 8.60. The minimum absolute atomic E-state index is 0.00878. The van der Waals surface area contributed by atoms with Gasteiger partial charge in [-0.3, -0.25) is 14.9 Å². The van der Waals surface area contributed by atoms with Gasteiger partial charge < -0.3 is 9.47 Å². The van der Waals surface area contributed by atoms with Crippen LogP contribution in [0.1, 0.15) is 18.0 Å². The molecule has 0 saturated carbocycles. The van der Waals surface area contributed by atoms with E-state index in [4.69, 9.17) is 0 Å². The first-order valence-corrected chi connectivity index (χ1v) is 10.2. The van der Waals surface area contributed by atoms with Crippen LogP contribution in [0.3, 0.4) is 0 Å². The number of carbonyl (C=O) groups excluding carboxylic acids is 1. The van der Waals surface area contributed by atoms with Crippen molar-refractivity contribution >= 4 is 32.6 Å². The van der Waals surface area contributed by atoms with E-state index in [1.165, 1.54) is 16.2 Å². The van der Waals surface area contributed by atoms with Crippen molar-refractivity contribution in [2.75, 3.05) is 25.0 Å². The molecule has 1 saturated heterocycles. The highest BCUT2D eigenvalue weighted by molar-refractivity contribution is 7.22. The molecule has 138 valence electrons. The van der Waals surface area contributed by atoms with Gasteiger partial charge in [0.15, 0.2) is 11.7 Å². The molecule has 1 amide bonds. The van der Waals surface area contributed by atoms with Crippen LogP contribution < -0.4 is 15.8 Å². The van der Waals surface area contributed by atoms with Crippen LogP contribution >= 0.6 is 11.3 Å². The van der Waals surface area contributed by atoms with E-state index in [0.717, 1.165) is 42.0 Å². The number of nitrogens with one attached hydrogen (secondary N) is 2. The monoisotopic (exact) mass is 381 g/mol. The molecule has 2 aliphatic heterocycles. The number of pyridine rings is 1. The predicted molar refractivity (Wildman–Crippen MR) is 105 cm³/mol. The summed E-state index contributed by atoms with van der Waals surface area (Å²) in [6.07, 6.45) is 1.12. The second kappa shape index (κ2) is 6.58. The van der Waals surface area contributed by atoms with E-state index < -0.39 is 0 Å². The lowest BCUT2D eigenvalue weighted by Crippen LogP contribution is -3.15. The number of piperidine rings is 1. The maximum atomic E-state index is 12.6. The Bertz CT molecular complexity index is 1040. The van der Waals surface area contributed by atoms with Gasteiger partial charge in [-0.25, -0.2) is 4.98 Å². The first-order chi connectivity index (χ1) is 13.2. The highest BCUT2D eigenvalue weighted by Gasteiger charge is 2.37. The summed E-state index contributed by atoms with van der Waals surface area (Å²) in [4.78, 5) is 30.4. The second-order valence-electron chi connectivity index (χ2n) is 7.57. The molecule has 1 fully saturated rings. The summed E-state index contributed by atoms with van der Waals surface area (Å²) < 4.78 is 3.01. The Morgan fingerprint density at radius 3 is 3.00 bits per heavy atom. The van der Waals surface area contributed by atoms with Gasteiger partial charge in [-0.1, -0.05) is 29.5 Å². The van der Waals surface area contributed by atoms with Crippen molar-refractivity contribution in [2.24, 2.45) is 5.92 Å². The van der Waals surface area contributed by atoms with Gasteiger partial charge in [0.2, 0.25) is 0 Å². The Labute approximate surface area is 160 Å². The van der Waals surface area contributed by atoms with E-state index in [1.54, 1.807) is 6.07 Å². The molecule has 3 atom stereocenters. The third kappa shape index (κ3) is 3.17. The Balaban J connectivity index is 1.28. The van der Waals surface area contributed by atoms with E-state index >= 15 is 0 Å². The standard InChI is InChI=1S/C20H20N4O2S/c25-18(22-20-21-15-4-1-2-6-17(15)27-20)12-23-9-13-8-14(11-23)16-5-3-7-19(26)24(16)10-13/h1-7,13-14H,8-12H2,(H,21,22,25)/p+1. The molecule has 7 heteroatoms. The molecular formula is C20H21N4O2S+. The van der Waals surface area contributed by atoms with Crippen LogP contribution in [0.25, 0.3) is 10.2 Å². The number of anilines is 1. The SMILES string of the molecule is O=C(C[NH+]1CC2CC(C1)c1cccc(=O)n1C2)Nc1nc2ccccc2s1. The molecule has 27 heavy (non-hydrogen) atoms. The number of likely N-dealkylation sites (tertiary alicyclic amines) is 1. The maximum Gasteiger partial charge on any atom is 0.281 e. The molecule has 1 aromatic carbocycles. The lowest BCUT2D eigenvalue weighted by Gasteiger charge is -2.40. The van der Waals surface area contributed by atoms with Crippen molar-refractivity contribution in [3.05, 3.63) is 58.5 Å².